The average Bonchev–Trinajstić information content (AvgIpc) is 2.69. The third-order valence-electron chi connectivity index (χ3n) is 4.41. The number of benzene rings is 2. The molecule has 2 aromatic carbocycles. The van der Waals surface area contributed by atoms with Crippen LogP contribution in [0.5, 0.6) is 0 Å². The first-order valence-electron chi connectivity index (χ1n) is 8.63. The quantitative estimate of drug-likeness (QED) is 0.903. The maximum absolute atomic E-state index is 13.0. The lowest BCUT2D eigenvalue weighted by Gasteiger charge is -2.36. The summed E-state index contributed by atoms with van der Waals surface area (Å²) in [6, 6.07) is 14.8. The fourth-order valence-electron chi connectivity index (χ4n) is 2.98. The van der Waals surface area contributed by atoms with Crippen LogP contribution in [0.15, 0.2) is 48.5 Å². The molecule has 6 nitrogen and oxygen atoms in total. The molecule has 0 aliphatic carbocycles. The topological polar surface area (TPSA) is 76.4 Å². The van der Waals surface area contributed by atoms with Crippen molar-refractivity contribution in [2.24, 2.45) is 0 Å². The van der Waals surface area contributed by atoms with E-state index in [1.807, 2.05) is 0 Å². The van der Waals surface area contributed by atoms with Crippen LogP contribution in [0.4, 0.5) is 15.8 Å². The maximum atomic E-state index is 13.0. The molecule has 2 aromatic rings. The van der Waals surface area contributed by atoms with Gasteiger partial charge < -0.3 is 15.1 Å². The van der Waals surface area contributed by atoms with Gasteiger partial charge in [0.05, 0.1) is 6.07 Å². The lowest BCUT2D eigenvalue weighted by atomic mass is 10.1. The van der Waals surface area contributed by atoms with E-state index >= 15 is 0 Å². The molecule has 0 saturated carbocycles. The van der Waals surface area contributed by atoms with E-state index in [2.05, 4.69) is 10.2 Å². The molecule has 1 saturated heterocycles. The molecule has 0 atom stereocenters. The van der Waals surface area contributed by atoms with Gasteiger partial charge in [0.1, 0.15) is 12.2 Å². The first-order valence-corrected chi connectivity index (χ1v) is 8.63. The Morgan fingerprint density at radius 2 is 1.63 bits per heavy atom. The Bertz CT molecular complexity index is 851. The number of anilines is 2. The first kappa shape index (κ1) is 18.4. The molecule has 1 aliphatic heterocycles. The van der Waals surface area contributed by atoms with Crippen molar-refractivity contribution in [3.63, 3.8) is 0 Å². The number of halogens is 1. The number of hydrogen-bond donors (Lipinski definition) is 1. The zero-order valence-corrected chi connectivity index (χ0v) is 14.7. The highest BCUT2D eigenvalue weighted by Crippen LogP contribution is 2.18. The minimum absolute atomic E-state index is 0.0661. The van der Waals surface area contributed by atoms with Crippen LogP contribution in [0.1, 0.15) is 16.8 Å². The van der Waals surface area contributed by atoms with Crippen molar-refractivity contribution >= 4 is 23.2 Å². The molecule has 7 heteroatoms. The van der Waals surface area contributed by atoms with Crippen LogP contribution in [-0.2, 0) is 4.79 Å². The molecular weight excluding hydrogens is 347 g/mol. The number of nitrogens with zero attached hydrogens (tertiary/aromatic N) is 3. The summed E-state index contributed by atoms with van der Waals surface area (Å²) in [4.78, 5) is 28.0. The summed E-state index contributed by atoms with van der Waals surface area (Å²) in [6.07, 6.45) is -0.209. The number of rotatable bonds is 4. The third kappa shape index (κ3) is 4.61. The van der Waals surface area contributed by atoms with Gasteiger partial charge in [-0.3, -0.25) is 9.59 Å². The number of carbonyl (C=O) groups excluding carboxylic acids is 2. The minimum Gasteiger partial charge on any atom is -0.368 e. The van der Waals surface area contributed by atoms with Crippen molar-refractivity contribution in [1.29, 1.82) is 5.26 Å². The van der Waals surface area contributed by atoms with Gasteiger partial charge >= 0.3 is 0 Å². The first-order chi connectivity index (χ1) is 13.1. The van der Waals surface area contributed by atoms with E-state index in [0.29, 0.717) is 37.4 Å². The Balaban J connectivity index is 1.56. The second-order valence-electron chi connectivity index (χ2n) is 6.22. The molecular formula is C20H19FN4O2. The van der Waals surface area contributed by atoms with Gasteiger partial charge in [-0.25, -0.2) is 4.39 Å². The summed E-state index contributed by atoms with van der Waals surface area (Å²) < 4.78 is 13.0. The van der Waals surface area contributed by atoms with Gasteiger partial charge in [0.2, 0.25) is 5.91 Å². The number of nitriles is 1. The van der Waals surface area contributed by atoms with Crippen molar-refractivity contribution in [3.8, 4) is 6.07 Å². The molecule has 0 spiro atoms. The van der Waals surface area contributed by atoms with Crippen LogP contribution in [-0.4, -0.2) is 42.9 Å². The zero-order chi connectivity index (χ0) is 19.2. The molecule has 0 bridgehead atoms. The van der Waals surface area contributed by atoms with Gasteiger partial charge in [-0.1, -0.05) is 0 Å². The standard InChI is InChI=1S/C20H19FN4O2/c21-16-3-7-18(8-4-16)24-11-13-25(14-12-24)20(27)15-1-5-17(6-2-15)23-19(26)9-10-22/h1-8H,9,11-14H2,(H,23,26). The molecule has 138 valence electrons. The SMILES string of the molecule is N#CCC(=O)Nc1ccc(C(=O)N2CCN(c3ccc(F)cc3)CC2)cc1. The maximum Gasteiger partial charge on any atom is 0.253 e. The van der Waals surface area contributed by atoms with Crippen LogP contribution in [0.3, 0.4) is 0 Å². The molecule has 1 aliphatic rings. The van der Waals surface area contributed by atoms with Crippen LogP contribution in [0.25, 0.3) is 0 Å². The average molecular weight is 366 g/mol. The number of nitrogens with one attached hydrogen (secondary N) is 1. The van der Waals surface area contributed by atoms with E-state index in [-0.39, 0.29) is 24.1 Å². The normalized spacial score (nSPS) is 13.8. The third-order valence-corrected chi connectivity index (χ3v) is 4.41. The largest absolute Gasteiger partial charge is 0.368 e. The smallest absolute Gasteiger partial charge is 0.253 e. The van der Waals surface area contributed by atoms with Gasteiger partial charge in [-0.2, -0.15) is 5.26 Å². The van der Waals surface area contributed by atoms with Crippen molar-refractivity contribution in [2.75, 3.05) is 36.4 Å². The highest BCUT2D eigenvalue weighted by Gasteiger charge is 2.22. The number of amides is 2. The summed E-state index contributed by atoms with van der Waals surface area (Å²) in [5, 5.41) is 11.1. The number of piperazine rings is 1. The van der Waals surface area contributed by atoms with Gasteiger partial charge in [0.15, 0.2) is 0 Å². The molecule has 0 radical (unpaired) electrons. The Labute approximate surface area is 156 Å². The lowest BCUT2D eigenvalue weighted by Crippen LogP contribution is -2.48. The molecule has 1 fully saturated rings. The van der Waals surface area contributed by atoms with Crippen LogP contribution >= 0.6 is 0 Å². The van der Waals surface area contributed by atoms with E-state index in [1.165, 1.54) is 12.1 Å². The molecule has 1 heterocycles. The van der Waals surface area contributed by atoms with Crippen LogP contribution in [0.2, 0.25) is 0 Å². The highest BCUT2D eigenvalue weighted by molar-refractivity contribution is 5.96. The second-order valence-corrected chi connectivity index (χ2v) is 6.22. The number of hydrogen-bond acceptors (Lipinski definition) is 4. The van der Waals surface area contributed by atoms with E-state index < -0.39 is 0 Å². The predicted molar refractivity (Wildman–Crippen MR) is 99.8 cm³/mol. The van der Waals surface area contributed by atoms with Crippen molar-refractivity contribution in [2.45, 2.75) is 6.42 Å². The molecule has 0 aromatic heterocycles. The minimum atomic E-state index is -0.381. The van der Waals surface area contributed by atoms with Gasteiger partial charge in [0, 0.05) is 43.1 Å². The summed E-state index contributed by atoms with van der Waals surface area (Å²) in [5.41, 5.74) is 2.04. The fourth-order valence-corrected chi connectivity index (χ4v) is 2.98. The van der Waals surface area contributed by atoms with Crippen LogP contribution < -0.4 is 10.2 Å². The second kappa shape index (κ2) is 8.32. The van der Waals surface area contributed by atoms with Crippen molar-refractivity contribution in [1.82, 2.24) is 4.90 Å². The zero-order valence-electron chi connectivity index (χ0n) is 14.7. The van der Waals surface area contributed by atoms with Gasteiger partial charge in [-0.05, 0) is 48.5 Å². The molecule has 1 N–H and O–H groups in total. The summed E-state index contributed by atoms with van der Waals surface area (Å²) in [5.74, 6) is -0.711. The fraction of sp³-hybridized carbons (Fsp3) is 0.250. The van der Waals surface area contributed by atoms with E-state index in [4.69, 9.17) is 5.26 Å². The molecule has 2 amide bonds. The predicted octanol–water partition coefficient (Wildman–Crippen LogP) is 2.64. The van der Waals surface area contributed by atoms with Gasteiger partial charge in [0.25, 0.3) is 5.91 Å². The van der Waals surface area contributed by atoms with Gasteiger partial charge in [-0.15, -0.1) is 0 Å². The lowest BCUT2D eigenvalue weighted by molar-refractivity contribution is -0.115. The Morgan fingerprint density at radius 3 is 2.22 bits per heavy atom. The van der Waals surface area contributed by atoms with E-state index in [0.717, 1.165) is 5.69 Å². The number of carbonyl (C=O) groups is 2. The Hall–Kier alpha value is -3.40. The summed E-state index contributed by atoms with van der Waals surface area (Å²) in [7, 11) is 0. The summed E-state index contributed by atoms with van der Waals surface area (Å²) in [6.45, 7) is 2.52. The van der Waals surface area contributed by atoms with E-state index in [9.17, 15) is 14.0 Å². The Morgan fingerprint density at radius 1 is 1.00 bits per heavy atom. The highest BCUT2D eigenvalue weighted by atomic mass is 19.1. The van der Waals surface area contributed by atoms with Crippen molar-refractivity contribution < 1.29 is 14.0 Å². The van der Waals surface area contributed by atoms with E-state index in [1.54, 1.807) is 47.4 Å². The van der Waals surface area contributed by atoms with Crippen molar-refractivity contribution in [3.05, 3.63) is 59.9 Å². The monoisotopic (exact) mass is 366 g/mol. The molecule has 3 rings (SSSR count). The Kier molecular flexibility index (Phi) is 5.67. The molecule has 0 unspecified atom stereocenters. The summed E-state index contributed by atoms with van der Waals surface area (Å²) >= 11 is 0. The van der Waals surface area contributed by atoms with Crippen LogP contribution in [0, 0.1) is 17.1 Å². The molecule has 27 heavy (non-hydrogen) atoms.